The van der Waals surface area contributed by atoms with Crippen molar-refractivity contribution in [3.63, 3.8) is 0 Å². The average Bonchev–Trinajstić information content (AvgIpc) is 3.12. The topological polar surface area (TPSA) is 68.0 Å². The van der Waals surface area contributed by atoms with Crippen LogP contribution in [0.15, 0.2) is 40.0 Å². The predicted octanol–water partition coefficient (Wildman–Crippen LogP) is 4.89. The summed E-state index contributed by atoms with van der Waals surface area (Å²) in [4.78, 5) is 12.2. The van der Waals surface area contributed by atoms with E-state index in [4.69, 9.17) is 4.42 Å². The van der Waals surface area contributed by atoms with Crippen molar-refractivity contribution in [2.24, 2.45) is 0 Å². The van der Waals surface area contributed by atoms with Gasteiger partial charge in [-0.05, 0) is 56.2 Å². The molecule has 3 rings (SSSR count). The number of nitrogens with one attached hydrogen (secondary N) is 1. The van der Waals surface area contributed by atoms with E-state index in [1.54, 1.807) is 0 Å². The molecule has 0 aliphatic rings. The highest BCUT2D eigenvalue weighted by atomic mass is 32.2. The standard InChI is InChI=1S/C19H16F3N3O2S/c1-9-4-5-12(8-10(9)2)18-24-25-19(27-18)28-11(3)17(26)23-14-7-6-13(20)15(21)16(14)22/h4-8,11H,1-3H3,(H,23,26)/t11-/m1/s1. The van der Waals surface area contributed by atoms with Crippen molar-refractivity contribution in [3.05, 3.63) is 58.9 Å². The molecule has 9 heteroatoms. The van der Waals surface area contributed by atoms with Crippen molar-refractivity contribution in [2.75, 3.05) is 5.32 Å². The summed E-state index contributed by atoms with van der Waals surface area (Å²) < 4.78 is 45.5. The van der Waals surface area contributed by atoms with Gasteiger partial charge in [0.25, 0.3) is 5.22 Å². The zero-order chi connectivity index (χ0) is 20.4. The highest BCUT2D eigenvalue weighted by Crippen LogP contribution is 2.28. The lowest BCUT2D eigenvalue weighted by molar-refractivity contribution is -0.115. The van der Waals surface area contributed by atoms with Crippen LogP contribution in [0.5, 0.6) is 0 Å². The molecule has 0 spiro atoms. The van der Waals surface area contributed by atoms with Gasteiger partial charge in [-0.25, -0.2) is 13.2 Å². The van der Waals surface area contributed by atoms with E-state index in [1.165, 1.54) is 6.92 Å². The van der Waals surface area contributed by atoms with Gasteiger partial charge in [-0.2, -0.15) is 0 Å². The first-order valence-corrected chi connectivity index (χ1v) is 9.16. The molecule has 1 heterocycles. The largest absolute Gasteiger partial charge is 0.411 e. The molecule has 1 aromatic heterocycles. The number of carbonyl (C=O) groups is 1. The molecule has 5 nitrogen and oxygen atoms in total. The molecule has 0 radical (unpaired) electrons. The molecule has 28 heavy (non-hydrogen) atoms. The Kier molecular flexibility index (Phi) is 5.73. The second-order valence-electron chi connectivity index (χ2n) is 6.14. The summed E-state index contributed by atoms with van der Waals surface area (Å²) >= 11 is 0.964. The maximum atomic E-state index is 13.7. The van der Waals surface area contributed by atoms with Crippen LogP contribution >= 0.6 is 11.8 Å². The number of thioether (sulfide) groups is 1. The molecule has 1 N–H and O–H groups in total. The number of hydrogen-bond acceptors (Lipinski definition) is 5. The molecule has 146 valence electrons. The summed E-state index contributed by atoms with van der Waals surface area (Å²) in [6, 6.07) is 7.40. The molecular formula is C19H16F3N3O2S. The van der Waals surface area contributed by atoms with Crippen LogP contribution in [0.1, 0.15) is 18.1 Å². The second kappa shape index (κ2) is 8.05. The zero-order valence-corrected chi connectivity index (χ0v) is 16.0. The number of benzene rings is 2. The van der Waals surface area contributed by atoms with Crippen LogP contribution in [0.2, 0.25) is 0 Å². The monoisotopic (exact) mass is 407 g/mol. The van der Waals surface area contributed by atoms with Crippen LogP contribution in [0.4, 0.5) is 18.9 Å². The molecular weight excluding hydrogens is 391 g/mol. The predicted molar refractivity (Wildman–Crippen MR) is 99.5 cm³/mol. The highest BCUT2D eigenvalue weighted by Gasteiger charge is 2.21. The Hall–Kier alpha value is -2.81. The highest BCUT2D eigenvalue weighted by molar-refractivity contribution is 8.00. The summed E-state index contributed by atoms with van der Waals surface area (Å²) in [6.45, 7) is 5.50. The second-order valence-corrected chi connectivity index (χ2v) is 7.44. The van der Waals surface area contributed by atoms with Crippen LogP contribution in [-0.4, -0.2) is 21.4 Å². The van der Waals surface area contributed by atoms with Crippen LogP contribution < -0.4 is 5.32 Å². The number of aryl methyl sites for hydroxylation is 2. The van der Waals surface area contributed by atoms with Crippen molar-refractivity contribution >= 4 is 23.4 Å². The SMILES string of the molecule is Cc1ccc(-c2nnc(S[C@H](C)C(=O)Nc3ccc(F)c(F)c3F)o2)cc1C. The number of aromatic nitrogens is 2. The molecule has 0 unspecified atom stereocenters. The summed E-state index contributed by atoms with van der Waals surface area (Å²) in [5, 5.41) is 9.49. The Morgan fingerprint density at radius 3 is 2.54 bits per heavy atom. The zero-order valence-electron chi connectivity index (χ0n) is 15.2. The quantitative estimate of drug-likeness (QED) is 0.482. The number of nitrogens with zero attached hydrogens (tertiary/aromatic N) is 2. The molecule has 3 aromatic rings. The van der Waals surface area contributed by atoms with Crippen LogP contribution in [-0.2, 0) is 4.79 Å². The lowest BCUT2D eigenvalue weighted by Crippen LogP contribution is -2.23. The smallest absolute Gasteiger partial charge is 0.277 e. The summed E-state index contributed by atoms with van der Waals surface area (Å²) in [5.41, 5.74) is 2.51. The molecule has 0 aliphatic heterocycles. The van der Waals surface area contributed by atoms with Gasteiger partial charge >= 0.3 is 0 Å². The van der Waals surface area contributed by atoms with Gasteiger partial charge in [-0.3, -0.25) is 4.79 Å². The van der Waals surface area contributed by atoms with E-state index in [9.17, 15) is 18.0 Å². The minimum absolute atomic E-state index is 0.154. The first-order chi connectivity index (χ1) is 13.3. The van der Waals surface area contributed by atoms with Gasteiger partial charge in [0, 0.05) is 5.56 Å². The first kappa shape index (κ1) is 19.9. The fraction of sp³-hybridized carbons (Fsp3) is 0.211. The third-order valence-corrected chi connectivity index (χ3v) is 5.03. The van der Waals surface area contributed by atoms with Crippen LogP contribution in [0, 0.1) is 31.3 Å². The lowest BCUT2D eigenvalue weighted by Gasteiger charge is -2.11. The van der Waals surface area contributed by atoms with Crippen molar-refractivity contribution in [3.8, 4) is 11.5 Å². The van der Waals surface area contributed by atoms with Gasteiger partial charge in [0.2, 0.25) is 11.8 Å². The number of hydrogen-bond donors (Lipinski definition) is 1. The Labute approximate surface area is 163 Å². The number of halogens is 3. The van der Waals surface area contributed by atoms with E-state index in [2.05, 4.69) is 15.5 Å². The van der Waals surface area contributed by atoms with E-state index in [0.29, 0.717) is 5.89 Å². The summed E-state index contributed by atoms with van der Waals surface area (Å²) in [5.74, 6) is -4.75. The molecule has 1 atom stereocenters. The first-order valence-electron chi connectivity index (χ1n) is 8.28. The Morgan fingerprint density at radius 1 is 1.07 bits per heavy atom. The van der Waals surface area contributed by atoms with Gasteiger partial charge in [-0.1, -0.05) is 17.8 Å². The van der Waals surface area contributed by atoms with Gasteiger partial charge in [0.15, 0.2) is 17.5 Å². The minimum Gasteiger partial charge on any atom is -0.411 e. The molecule has 1 amide bonds. The average molecular weight is 407 g/mol. The van der Waals surface area contributed by atoms with Crippen LogP contribution in [0.3, 0.4) is 0 Å². The normalized spacial score (nSPS) is 12.1. The van der Waals surface area contributed by atoms with Crippen molar-refractivity contribution in [1.29, 1.82) is 0 Å². The Bertz CT molecular complexity index is 1040. The maximum absolute atomic E-state index is 13.7. The molecule has 0 saturated heterocycles. The lowest BCUT2D eigenvalue weighted by atomic mass is 10.1. The molecule has 2 aromatic carbocycles. The van der Waals surface area contributed by atoms with Gasteiger partial charge in [0.05, 0.1) is 10.9 Å². The Morgan fingerprint density at radius 2 is 1.82 bits per heavy atom. The van der Waals surface area contributed by atoms with E-state index < -0.39 is 34.3 Å². The van der Waals surface area contributed by atoms with Crippen molar-refractivity contribution < 1.29 is 22.4 Å². The van der Waals surface area contributed by atoms with Gasteiger partial charge in [0.1, 0.15) is 0 Å². The minimum atomic E-state index is -1.65. The van der Waals surface area contributed by atoms with Crippen molar-refractivity contribution in [2.45, 2.75) is 31.2 Å². The number of carbonyl (C=O) groups excluding carboxylic acids is 1. The molecule has 0 saturated carbocycles. The van der Waals surface area contributed by atoms with E-state index in [-0.39, 0.29) is 5.22 Å². The summed E-state index contributed by atoms with van der Waals surface area (Å²) in [6.07, 6.45) is 0. The Balaban J connectivity index is 1.68. The van der Waals surface area contributed by atoms with E-state index >= 15 is 0 Å². The maximum Gasteiger partial charge on any atom is 0.277 e. The fourth-order valence-electron chi connectivity index (χ4n) is 2.31. The number of amides is 1. The number of anilines is 1. The number of rotatable bonds is 5. The fourth-order valence-corrected chi connectivity index (χ4v) is 2.99. The molecule has 0 bridgehead atoms. The molecule has 0 aliphatic carbocycles. The van der Waals surface area contributed by atoms with E-state index in [0.717, 1.165) is 40.6 Å². The van der Waals surface area contributed by atoms with Crippen molar-refractivity contribution in [1.82, 2.24) is 10.2 Å². The van der Waals surface area contributed by atoms with Gasteiger partial charge in [-0.15, -0.1) is 10.2 Å². The molecule has 0 fully saturated rings. The van der Waals surface area contributed by atoms with Crippen LogP contribution in [0.25, 0.3) is 11.5 Å². The summed E-state index contributed by atoms with van der Waals surface area (Å²) in [7, 11) is 0. The third-order valence-electron chi connectivity index (χ3n) is 4.10. The van der Waals surface area contributed by atoms with E-state index in [1.807, 2.05) is 32.0 Å². The third kappa shape index (κ3) is 4.19. The van der Waals surface area contributed by atoms with Gasteiger partial charge < -0.3 is 9.73 Å².